The van der Waals surface area contributed by atoms with Gasteiger partial charge in [-0.05, 0) is 31.0 Å². The van der Waals surface area contributed by atoms with Gasteiger partial charge in [-0.1, -0.05) is 11.6 Å². The van der Waals surface area contributed by atoms with E-state index in [1.54, 1.807) is 14.2 Å². The van der Waals surface area contributed by atoms with Gasteiger partial charge in [-0.3, -0.25) is 4.90 Å². The highest BCUT2D eigenvalue weighted by molar-refractivity contribution is 5.85. The standard InChI is InChI=1S/C17H26N2O2.2ClH/c1-13(2)11-15(19-9-7-18-8-10-19)14-5-6-16(20-3)17(12-14)21-4;;/h5-6,12,15,18H,1,7-11H2,2-4H3;2*1H/t15-;;/m1../s1. The van der Waals surface area contributed by atoms with E-state index in [9.17, 15) is 0 Å². The lowest BCUT2D eigenvalue weighted by molar-refractivity contribution is 0.172. The monoisotopic (exact) mass is 362 g/mol. The molecule has 132 valence electrons. The number of hydrogen-bond donors (Lipinski definition) is 1. The predicted octanol–water partition coefficient (Wildman–Crippen LogP) is 3.46. The molecule has 0 radical (unpaired) electrons. The van der Waals surface area contributed by atoms with E-state index in [4.69, 9.17) is 9.47 Å². The van der Waals surface area contributed by atoms with Crippen molar-refractivity contribution in [3.8, 4) is 11.5 Å². The van der Waals surface area contributed by atoms with Gasteiger partial charge in [-0.15, -0.1) is 31.4 Å². The molecule has 4 nitrogen and oxygen atoms in total. The van der Waals surface area contributed by atoms with E-state index in [0.717, 1.165) is 44.1 Å². The van der Waals surface area contributed by atoms with Gasteiger partial charge in [0.2, 0.25) is 0 Å². The van der Waals surface area contributed by atoms with Gasteiger partial charge >= 0.3 is 0 Å². The molecule has 0 saturated carbocycles. The number of halogens is 2. The molecule has 1 N–H and O–H groups in total. The zero-order valence-electron chi connectivity index (χ0n) is 14.1. The van der Waals surface area contributed by atoms with Gasteiger partial charge < -0.3 is 14.8 Å². The Bertz CT molecular complexity index is 491. The van der Waals surface area contributed by atoms with Crippen LogP contribution in [0.1, 0.15) is 24.9 Å². The van der Waals surface area contributed by atoms with Gasteiger partial charge in [0.05, 0.1) is 14.2 Å². The van der Waals surface area contributed by atoms with Crippen LogP contribution in [0, 0.1) is 0 Å². The molecular weight excluding hydrogens is 335 g/mol. The summed E-state index contributed by atoms with van der Waals surface area (Å²) in [6, 6.07) is 6.57. The van der Waals surface area contributed by atoms with Crippen molar-refractivity contribution in [1.29, 1.82) is 0 Å². The number of hydrogen-bond acceptors (Lipinski definition) is 4. The van der Waals surface area contributed by atoms with Crippen LogP contribution >= 0.6 is 24.8 Å². The van der Waals surface area contributed by atoms with Crippen molar-refractivity contribution >= 4 is 24.8 Å². The van der Waals surface area contributed by atoms with Crippen LogP contribution in [0.4, 0.5) is 0 Å². The summed E-state index contributed by atoms with van der Waals surface area (Å²) < 4.78 is 10.8. The van der Waals surface area contributed by atoms with Crippen LogP contribution in [0.25, 0.3) is 0 Å². The molecule has 0 unspecified atom stereocenters. The first-order valence-corrected chi connectivity index (χ1v) is 7.46. The molecule has 0 amide bonds. The van der Waals surface area contributed by atoms with Gasteiger partial charge in [0.1, 0.15) is 0 Å². The third-order valence-corrected chi connectivity index (χ3v) is 3.93. The summed E-state index contributed by atoms with van der Waals surface area (Å²) in [4.78, 5) is 2.52. The quantitative estimate of drug-likeness (QED) is 0.785. The number of piperazine rings is 1. The minimum Gasteiger partial charge on any atom is -0.493 e. The number of ether oxygens (including phenoxy) is 2. The fourth-order valence-electron chi connectivity index (χ4n) is 2.84. The zero-order chi connectivity index (χ0) is 15.2. The topological polar surface area (TPSA) is 33.7 Å². The summed E-state index contributed by atoms with van der Waals surface area (Å²) in [6.45, 7) is 10.4. The Kier molecular flexibility index (Phi) is 10.3. The molecule has 1 aliphatic heterocycles. The van der Waals surface area contributed by atoms with Crippen LogP contribution in [0.3, 0.4) is 0 Å². The number of rotatable bonds is 6. The molecule has 1 atom stereocenters. The summed E-state index contributed by atoms with van der Waals surface area (Å²) in [5.41, 5.74) is 2.46. The minimum atomic E-state index is 0. The van der Waals surface area contributed by atoms with Crippen LogP contribution in [0.2, 0.25) is 0 Å². The van der Waals surface area contributed by atoms with Crippen molar-refractivity contribution in [3.05, 3.63) is 35.9 Å². The SMILES string of the molecule is C=C(C)C[C@H](c1ccc(OC)c(OC)c1)N1CCNCC1.Cl.Cl. The van der Waals surface area contributed by atoms with Crippen LogP contribution in [0.5, 0.6) is 11.5 Å². The Morgan fingerprint density at radius 1 is 1.17 bits per heavy atom. The van der Waals surface area contributed by atoms with Gasteiger partial charge in [0, 0.05) is 32.2 Å². The highest BCUT2D eigenvalue weighted by Crippen LogP contribution is 2.34. The molecule has 0 spiro atoms. The third-order valence-electron chi connectivity index (χ3n) is 3.93. The average Bonchev–Trinajstić information content (AvgIpc) is 2.52. The van der Waals surface area contributed by atoms with E-state index in [-0.39, 0.29) is 24.8 Å². The Balaban J connectivity index is 0.00000242. The fourth-order valence-corrected chi connectivity index (χ4v) is 2.84. The molecule has 0 bridgehead atoms. The first-order valence-electron chi connectivity index (χ1n) is 7.46. The molecule has 0 aliphatic carbocycles. The lowest BCUT2D eigenvalue weighted by atomic mass is 9.97. The van der Waals surface area contributed by atoms with Crippen molar-refractivity contribution in [3.63, 3.8) is 0 Å². The summed E-state index contributed by atoms with van der Waals surface area (Å²) in [7, 11) is 3.35. The van der Waals surface area contributed by atoms with E-state index in [0.29, 0.717) is 6.04 Å². The fraction of sp³-hybridized carbons (Fsp3) is 0.529. The van der Waals surface area contributed by atoms with E-state index in [2.05, 4.69) is 35.9 Å². The van der Waals surface area contributed by atoms with Gasteiger partial charge in [-0.25, -0.2) is 0 Å². The molecule has 1 heterocycles. The van der Waals surface area contributed by atoms with Crippen molar-refractivity contribution in [1.82, 2.24) is 10.2 Å². The zero-order valence-corrected chi connectivity index (χ0v) is 15.8. The number of benzene rings is 1. The Morgan fingerprint density at radius 3 is 2.30 bits per heavy atom. The maximum atomic E-state index is 5.44. The van der Waals surface area contributed by atoms with Crippen molar-refractivity contribution < 1.29 is 9.47 Å². The number of methoxy groups -OCH3 is 2. The average molecular weight is 363 g/mol. The minimum absolute atomic E-state index is 0. The molecule has 1 aromatic rings. The summed E-state index contributed by atoms with van der Waals surface area (Å²) >= 11 is 0. The summed E-state index contributed by atoms with van der Waals surface area (Å²) in [5.74, 6) is 1.56. The van der Waals surface area contributed by atoms with Crippen molar-refractivity contribution in [2.45, 2.75) is 19.4 Å². The van der Waals surface area contributed by atoms with E-state index < -0.39 is 0 Å². The third kappa shape index (κ3) is 5.88. The molecule has 2 rings (SSSR count). The smallest absolute Gasteiger partial charge is 0.161 e. The maximum absolute atomic E-state index is 5.44. The second kappa shape index (κ2) is 10.8. The van der Waals surface area contributed by atoms with Crippen molar-refractivity contribution in [2.75, 3.05) is 40.4 Å². The molecule has 1 aromatic carbocycles. The maximum Gasteiger partial charge on any atom is 0.161 e. The molecule has 1 saturated heterocycles. The Labute approximate surface area is 152 Å². The van der Waals surface area contributed by atoms with Gasteiger partial charge in [0.25, 0.3) is 0 Å². The normalized spacial score (nSPS) is 15.8. The molecule has 1 aliphatic rings. The number of nitrogens with zero attached hydrogens (tertiary/aromatic N) is 1. The van der Waals surface area contributed by atoms with E-state index >= 15 is 0 Å². The molecule has 1 fully saturated rings. The van der Waals surface area contributed by atoms with Crippen LogP contribution in [-0.4, -0.2) is 45.3 Å². The summed E-state index contributed by atoms with van der Waals surface area (Å²) in [5, 5.41) is 3.41. The highest BCUT2D eigenvalue weighted by Gasteiger charge is 2.23. The molecular formula is C17H28Cl2N2O2. The second-order valence-corrected chi connectivity index (χ2v) is 5.58. The first-order chi connectivity index (χ1) is 10.2. The molecule has 0 aromatic heterocycles. The molecule has 6 heteroatoms. The lowest BCUT2D eigenvalue weighted by Crippen LogP contribution is -2.45. The van der Waals surface area contributed by atoms with E-state index in [1.807, 2.05) is 6.07 Å². The van der Waals surface area contributed by atoms with E-state index in [1.165, 1.54) is 11.1 Å². The Hall–Kier alpha value is -0.940. The first kappa shape index (κ1) is 22.1. The Morgan fingerprint density at radius 2 is 1.78 bits per heavy atom. The second-order valence-electron chi connectivity index (χ2n) is 5.58. The van der Waals surface area contributed by atoms with Gasteiger partial charge in [-0.2, -0.15) is 0 Å². The van der Waals surface area contributed by atoms with Crippen LogP contribution in [0.15, 0.2) is 30.4 Å². The van der Waals surface area contributed by atoms with Crippen LogP contribution in [-0.2, 0) is 0 Å². The molecule has 23 heavy (non-hydrogen) atoms. The highest BCUT2D eigenvalue weighted by atomic mass is 35.5. The van der Waals surface area contributed by atoms with Gasteiger partial charge in [0.15, 0.2) is 11.5 Å². The summed E-state index contributed by atoms with van der Waals surface area (Å²) in [6.07, 6.45) is 0.968. The number of nitrogens with one attached hydrogen (secondary N) is 1. The lowest BCUT2D eigenvalue weighted by Gasteiger charge is -2.35. The van der Waals surface area contributed by atoms with Crippen LogP contribution < -0.4 is 14.8 Å². The van der Waals surface area contributed by atoms with Crippen molar-refractivity contribution in [2.24, 2.45) is 0 Å². The predicted molar refractivity (Wildman–Crippen MR) is 101 cm³/mol. The largest absolute Gasteiger partial charge is 0.493 e.